The molecular weight excluding hydrogens is 501 g/mol. The number of carbonyl (C=O) groups excluding carboxylic acids is 3. The van der Waals surface area contributed by atoms with Gasteiger partial charge in [0.25, 0.3) is 11.1 Å². The van der Waals surface area contributed by atoms with Gasteiger partial charge in [-0.2, -0.15) is 0 Å². The maximum absolute atomic E-state index is 12.7. The van der Waals surface area contributed by atoms with Gasteiger partial charge in [0.05, 0.1) is 22.1 Å². The predicted molar refractivity (Wildman–Crippen MR) is 132 cm³/mol. The molecule has 1 heterocycles. The standard InChI is InChI=1S/C24H23Cl2NO6S/c1-24(2,3)33-21(28)12-27-22(29)20(34-23(27)30)11-14-6-8-18(19(10-14)31-4)32-13-15-5-7-16(25)17(26)9-15/h5-11H,12-13H2,1-4H3. The highest BCUT2D eigenvalue weighted by molar-refractivity contribution is 8.18. The summed E-state index contributed by atoms with van der Waals surface area (Å²) in [5.41, 5.74) is 0.746. The van der Waals surface area contributed by atoms with Gasteiger partial charge >= 0.3 is 5.97 Å². The van der Waals surface area contributed by atoms with Gasteiger partial charge in [-0.05, 0) is 74.0 Å². The minimum Gasteiger partial charge on any atom is -0.493 e. The first-order valence-electron chi connectivity index (χ1n) is 10.2. The van der Waals surface area contributed by atoms with Crippen molar-refractivity contribution in [1.82, 2.24) is 4.90 Å². The van der Waals surface area contributed by atoms with Crippen molar-refractivity contribution in [1.29, 1.82) is 0 Å². The van der Waals surface area contributed by atoms with Crippen LogP contribution in [0.4, 0.5) is 4.79 Å². The van der Waals surface area contributed by atoms with Crippen molar-refractivity contribution in [3.05, 3.63) is 62.5 Å². The quantitative estimate of drug-likeness (QED) is 0.327. The minimum absolute atomic E-state index is 0.195. The zero-order valence-corrected chi connectivity index (χ0v) is 21.3. The van der Waals surface area contributed by atoms with Crippen molar-refractivity contribution in [2.45, 2.75) is 33.0 Å². The van der Waals surface area contributed by atoms with Crippen LogP contribution in [-0.2, 0) is 20.9 Å². The van der Waals surface area contributed by atoms with Crippen LogP contribution in [0.1, 0.15) is 31.9 Å². The lowest BCUT2D eigenvalue weighted by atomic mass is 10.1. The summed E-state index contributed by atoms with van der Waals surface area (Å²) in [5, 5.41) is 0.365. The molecule has 34 heavy (non-hydrogen) atoms. The molecule has 0 saturated carbocycles. The summed E-state index contributed by atoms with van der Waals surface area (Å²) in [4.78, 5) is 38.1. The van der Waals surface area contributed by atoms with Gasteiger partial charge in [0.15, 0.2) is 11.5 Å². The van der Waals surface area contributed by atoms with Gasteiger partial charge < -0.3 is 14.2 Å². The molecule has 0 aliphatic carbocycles. The molecule has 1 aliphatic heterocycles. The number of rotatable bonds is 7. The van der Waals surface area contributed by atoms with Crippen LogP contribution < -0.4 is 9.47 Å². The highest BCUT2D eigenvalue weighted by atomic mass is 35.5. The fourth-order valence-electron chi connectivity index (χ4n) is 2.97. The molecule has 180 valence electrons. The molecule has 0 unspecified atom stereocenters. The van der Waals surface area contributed by atoms with E-state index >= 15 is 0 Å². The molecule has 0 bridgehead atoms. The Hall–Kier alpha value is -2.68. The summed E-state index contributed by atoms with van der Waals surface area (Å²) in [6, 6.07) is 10.3. The van der Waals surface area contributed by atoms with Gasteiger partial charge in [0.2, 0.25) is 0 Å². The van der Waals surface area contributed by atoms with E-state index in [1.807, 2.05) is 6.07 Å². The fourth-order valence-corrected chi connectivity index (χ4v) is 4.13. The molecule has 1 saturated heterocycles. The smallest absolute Gasteiger partial charge is 0.326 e. The first kappa shape index (κ1) is 25.9. The number of imide groups is 1. The van der Waals surface area contributed by atoms with E-state index < -0.39 is 29.3 Å². The zero-order chi connectivity index (χ0) is 25.0. The lowest BCUT2D eigenvalue weighted by molar-refractivity contribution is -0.156. The van der Waals surface area contributed by atoms with E-state index in [0.29, 0.717) is 27.1 Å². The monoisotopic (exact) mass is 523 g/mol. The molecule has 0 radical (unpaired) electrons. The molecule has 0 N–H and O–H groups in total. The number of ether oxygens (including phenoxy) is 3. The third-order valence-electron chi connectivity index (χ3n) is 4.44. The molecular formula is C24H23Cl2NO6S. The van der Waals surface area contributed by atoms with Crippen LogP contribution in [0.2, 0.25) is 10.0 Å². The Labute approximate surface area is 211 Å². The second-order valence-corrected chi connectivity index (χ2v) is 10.1. The van der Waals surface area contributed by atoms with E-state index in [1.165, 1.54) is 7.11 Å². The molecule has 7 nitrogen and oxygen atoms in total. The van der Waals surface area contributed by atoms with Crippen molar-refractivity contribution >= 4 is 58.2 Å². The van der Waals surface area contributed by atoms with Crippen molar-refractivity contribution in [3.8, 4) is 11.5 Å². The Morgan fingerprint density at radius 2 is 1.79 bits per heavy atom. The summed E-state index contributed by atoms with van der Waals surface area (Å²) in [7, 11) is 1.50. The van der Waals surface area contributed by atoms with E-state index in [2.05, 4.69) is 0 Å². The van der Waals surface area contributed by atoms with Gasteiger partial charge in [0.1, 0.15) is 18.8 Å². The number of hydrogen-bond acceptors (Lipinski definition) is 7. The molecule has 2 aromatic rings. The summed E-state index contributed by atoms with van der Waals surface area (Å²) in [5.74, 6) is -0.272. The van der Waals surface area contributed by atoms with Crippen LogP contribution in [0.25, 0.3) is 6.08 Å². The summed E-state index contributed by atoms with van der Waals surface area (Å²) in [6.07, 6.45) is 1.56. The number of nitrogens with zero attached hydrogens (tertiary/aromatic N) is 1. The Morgan fingerprint density at radius 3 is 2.44 bits per heavy atom. The molecule has 10 heteroatoms. The summed E-state index contributed by atoms with van der Waals surface area (Å²) < 4.78 is 16.5. The SMILES string of the molecule is COc1cc(C=C2SC(=O)N(CC(=O)OC(C)(C)C)C2=O)ccc1OCc1ccc(Cl)c(Cl)c1. The second-order valence-electron chi connectivity index (χ2n) is 8.30. The topological polar surface area (TPSA) is 82.1 Å². The van der Waals surface area contributed by atoms with Gasteiger partial charge in [-0.15, -0.1) is 0 Å². The largest absolute Gasteiger partial charge is 0.493 e. The number of carbonyl (C=O) groups is 3. The van der Waals surface area contributed by atoms with Crippen LogP contribution in [0.3, 0.4) is 0 Å². The highest BCUT2D eigenvalue weighted by Crippen LogP contribution is 2.35. The number of benzene rings is 2. The molecule has 1 fully saturated rings. The van der Waals surface area contributed by atoms with E-state index in [0.717, 1.165) is 22.2 Å². The Bertz CT molecular complexity index is 1160. The third-order valence-corrected chi connectivity index (χ3v) is 6.09. The number of thioether (sulfide) groups is 1. The van der Waals surface area contributed by atoms with Gasteiger partial charge in [-0.25, -0.2) is 0 Å². The first-order valence-corrected chi connectivity index (χ1v) is 11.8. The Balaban J connectivity index is 1.71. The zero-order valence-electron chi connectivity index (χ0n) is 19.0. The van der Waals surface area contributed by atoms with E-state index in [9.17, 15) is 14.4 Å². The van der Waals surface area contributed by atoms with Crippen LogP contribution in [0.15, 0.2) is 41.3 Å². The number of esters is 1. The van der Waals surface area contributed by atoms with Crippen LogP contribution in [-0.4, -0.2) is 41.3 Å². The van der Waals surface area contributed by atoms with Crippen molar-refractivity contribution in [2.75, 3.05) is 13.7 Å². The molecule has 1 aliphatic rings. The summed E-state index contributed by atoms with van der Waals surface area (Å²) in [6.45, 7) is 4.94. The van der Waals surface area contributed by atoms with E-state index in [4.69, 9.17) is 37.4 Å². The number of amides is 2. The number of methoxy groups -OCH3 is 1. The van der Waals surface area contributed by atoms with Crippen molar-refractivity contribution in [3.63, 3.8) is 0 Å². The molecule has 2 amide bonds. The lowest BCUT2D eigenvalue weighted by Gasteiger charge is -2.21. The maximum atomic E-state index is 12.7. The second kappa shape index (κ2) is 10.7. The van der Waals surface area contributed by atoms with Gasteiger partial charge in [-0.3, -0.25) is 19.3 Å². The third kappa shape index (κ3) is 6.68. The average Bonchev–Trinajstić information content (AvgIpc) is 3.01. The van der Waals surface area contributed by atoms with Crippen LogP contribution >= 0.6 is 35.0 Å². The minimum atomic E-state index is -0.713. The fraction of sp³-hybridized carbons (Fsp3) is 0.292. The van der Waals surface area contributed by atoms with E-state index in [-0.39, 0.29) is 11.5 Å². The average molecular weight is 524 g/mol. The highest BCUT2D eigenvalue weighted by Gasteiger charge is 2.37. The van der Waals surface area contributed by atoms with Crippen LogP contribution in [0.5, 0.6) is 11.5 Å². The number of halogens is 2. The molecule has 0 spiro atoms. The Morgan fingerprint density at radius 1 is 1.06 bits per heavy atom. The maximum Gasteiger partial charge on any atom is 0.326 e. The lowest BCUT2D eigenvalue weighted by Crippen LogP contribution is -2.37. The van der Waals surface area contributed by atoms with Gasteiger partial charge in [-0.1, -0.05) is 35.3 Å². The molecule has 3 rings (SSSR count). The van der Waals surface area contributed by atoms with E-state index in [1.54, 1.807) is 57.2 Å². The molecule has 0 aromatic heterocycles. The Kier molecular flexibility index (Phi) is 8.17. The normalized spacial score (nSPS) is 15.1. The molecule has 0 atom stereocenters. The van der Waals surface area contributed by atoms with Crippen molar-refractivity contribution in [2.24, 2.45) is 0 Å². The van der Waals surface area contributed by atoms with Gasteiger partial charge in [0, 0.05) is 0 Å². The molecule has 2 aromatic carbocycles. The summed E-state index contributed by atoms with van der Waals surface area (Å²) >= 11 is 12.7. The first-order chi connectivity index (χ1) is 16.0. The van der Waals surface area contributed by atoms with Crippen LogP contribution in [0, 0.1) is 0 Å². The van der Waals surface area contributed by atoms with Crippen molar-refractivity contribution < 1.29 is 28.6 Å². The number of hydrogen-bond donors (Lipinski definition) is 0. The predicted octanol–water partition coefficient (Wildman–Crippen LogP) is 5.96.